The van der Waals surface area contributed by atoms with E-state index in [1.54, 1.807) is 0 Å². The van der Waals surface area contributed by atoms with Crippen molar-refractivity contribution in [1.82, 2.24) is 0 Å². The molecule has 0 unspecified atom stereocenters. The van der Waals surface area contributed by atoms with Crippen molar-refractivity contribution in [1.29, 1.82) is 0 Å². The maximum absolute atomic E-state index is 13.5. The van der Waals surface area contributed by atoms with Crippen LogP contribution in [0.4, 0.5) is 24.5 Å². The number of hydrogen-bond acceptors (Lipinski definition) is 2. The summed E-state index contributed by atoms with van der Waals surface area (Å²) in [7, 11) is 0. The Morgan fingerprint density at radius 3 is 2.40 bits per heavy atom. The number of nitrogens with one attached hydrogen (secondary N) is 1. The first-order valence-electron chi connectivity index (χ1n) is 5.39. The quantitative estimate of drug-likeness (QED) is 0.833. The molecule has 3 nitrogen and oxygen atoms in total. The molecule has 20 heavy (non-hydrogen) atoms. The fourth-order valence-corrected chi connectivity index (χ4v) is 1.82. The van der Waals surface area contributed by atoms with Crippen molar-refractivity contribution >= 4 is 28.9 Å². The molecule has 7 heteroatoms. The van der Waals surface area contributed by atoms with Gasteiger partial charge in [-0.3, -0.25) is 4.79 Å². The molecule has 0 aromatic heterocycles. The van der Waals surface area contributed by atoms with Gasteiger partial charge in [-0.25, -0.2) is 13.2 Å². The number of halogens is 4. The van der Waals surface area contributed by atoms with Crippen molar-refractivity contribution in [2.45, 2.75) is 0 Å². The Morgan fingerprint density at radius 2 is 1.80 bits per heavy atom. The first-order chi connectivity index (χ1) is 9.38. The number of amides is 1. The average molecular weight is 301 g/mol. The lowest BCUT2D eigenvalue weighted by molar-refractivity contribution is 0.102. The summed E-state index contributed by atoms with van der Waals surface area (Å²) in [6.45, 7) is 0. The molecular formula is C13H8ClF3N2O. The van der Waals surface area contributed by atoms with Crippen molar-refractivity contribution < 1.29 is 18.0 Å². The number of benzene rings is 2. The summed E-state index contributed by atoms with van der Waals surface area (Å²) in [5, 5.41) is 1.87. The lowest BCUT2D eigenvalue weighted by atomic mass is 10.1. The third-order valence-corrected chi connectivity index (χ3v) is 2.80. The molecule has 3 N–H and O–H groups in total. The Balaban J connectivity index is 2.33. The van der Waals surface area contributed by atoms with E-state index in [1.807, 2.05) is 0 Å². The first kappa shape index (κ1) is 14.2. The van der Waals surface area contributed by atoms with Gasteiger partial charge < -0.3 is 11.1 Å². The highest BCUT2D eigenvalue weighted by Gasteiger charge is 2.16. The Morgan fingerprint density at radius 1 is 1.10 bits per heavy atom. The minimum absolute atomic E-state index is 0.0498. The minimum Gasteiger partial charge on any atom is -0.398 e. The van der Waals surface area contributed by atoms with Gasteiger partial charge >= 0.3 is 0 Å². The van der Waals surface area contributed by atoms with Crippen molar-refractivity contribution in [3.63, 3.8) is 0 Å². The molecule has 0 aliphatic heterocycles. The molecule has 0 radical (unpaired) electrons. The molecule has 0 atom stereocenters. The number of hydrogen-bond donors (Lipinski definition) is 2. The smallest absolute Gasteiger partial charge is 0.257 e. The summed E-state index contributed by atoms with van der Waals surface area (Å²) in [4.78, 5) is 11.9. The number of nitrogens with two attached hydrogens (primary N) is 1. The molecule has 2 rings (SSSR count). The maximum atomic E-state index is 13.5. The standard InChI is InChI=1S/C13H8ClF3N2O/c14-9-3-7(16)4-10(17)12(9)19-13(20)8-2-1-6(15)5-11(8)18/h1-5H,18H2,(H,19,20). The molecule has 0 saturated carbocycles. The van der Waals surface area contributed by atoms with E-state index in [0.29, 0.717) is 6.07 Å². The average Bonchev–Trinajstić information content (AvgIpc) is 2.33. The maximum Gasteiger partial charge on any atom is 0.257 e. The molecule has 2 aromatic carbocycles. The summed E-state index contributed by atoms with van der Waals surface area (Å²) in [6, 6.07) is 4.57. The van der Waals surface area contributed by atoms with Crippen LogP contribution in [0.5, 0.6) is 0 Å². The SMILES string of the molecule is Nc1cc(F)ccc1C(=O)Nc1c(F)cc(F)cc1Cl. The lowest BCUT2D eigenvalue weighted by Gasteiger charge is -2.10. The van der Waals surface area contributed by atoms with Gasteiger partial charge in [0, 0.05) is 11.8 Å². The predicted molar refractivity (Wildman–Crippen MR) is 70.1 cm³/mol. The number of rotatable bonds is 2. The molecule has 1 amide bonds. The van der Waals surface area contributed by atoms with Gasteiger partial charge in [-0.05, 0) is 24.3 Å². The van der Waals surface area contributed by atoms with E-state index in [2.05, 4.69) is 5.32 Å². The zero-order valence-corrected chi connectivity index (χ0v) is 10.6. The van der Waals surface area contributed by atoms with E-state index >= 15 is 0 Å². The van der Waals surface area contributed by atoms with E-state index in [0.717, 1.165) is 24.3 Å². The van der Waals surface area contributed by atoms with Gasteiger partial charge in [-0.15, -0.1) is 0 Å². The van der Waals surface area contributed by atoms with Crippen LogP contribution in [0.3, 0.4) is 0 Å². The third-order valence-electron chi connectivity index (χ3n) is 2.50. The highest BCUT2D eigenvalue weighted by molar-refractivity contribution is 6.34. The molecule has 0 aliphatic rings. The second kappa shape index (κ2) is 5.42. The monoisotopic (exact) mass is 300 g/mol. The molecule has 0 saturated heterocycles. The van der Waals surface area contributed by atoms with Crippen LogP contribution in [0.1, 0.15) is 10.4 Å². The highest BCUT2D eigenvalue weighted by atomic mass is 35.5. The largest absolute Gasteiger partial charge is 0.398 e. The Labute approximate surface area is 117 Å². The lowest BCUT2D eigenvalue weighted by Crippen LogP contribution is -2.15. The summed E-state index contributed by atoms with van der Waals surface area (Å²) >= 11 is 5.65. The molecule has 0 spiro atoms. The molecule has 0 heterocycles. The van der Waals surface area contributed by atoms with E-state index < -0.39 is 23.4 Å². The van der Waals surface area contributed by atoms with Gasteiger partial charge in [-0.1, -0.05) is 11.6 Å². The van der Waals surface area contributed by atoms with E-state index in [-0.39, 0.29) is 22.0 Å². The predicted octanol–water partition coefficient (Wildman–Crippen LogP) is 3.59. The fourth-order valence-electron chi connectivity index (χ4n) is 1.58. The summed E-state index contributed by atoms with van der Waals surface area (Å²) < 4.78 is 39.3. The molecular weight excluding hydrogens is 293 g/mol. The van der Waals surface area contributed by atoms with Gasteiger partial charge in [0.15, 0.2) is 5.82 Å². The second-order valence-corrected chi connectivity index (χ2v) is 4.34. The minimum atomic E-state index is -1.02. The van der Waals surface area contributed by atoms with Crippen LogP contribution >= 0.6 is 11.6 Å². The fraction of sp³-hybridized carbons (Fsp3) is 0. The zero-order chi connectivity index (χ0) is 14.9. The normalized spacial score (nSPS) is 10.4. The van der Waals surface area contributed by atoms with Gasteiger partial charge in [0.2, 0.25) is 0 Å². The Kier molecular flexibility index (Phi) is 3.85. The Hall–Kier alpha value is -2.21. The van der Waals surface area contributed by atoms with Crippen LogP contribution in [-0.4, -0.2) is 5.91 Å². The van der Waals surface area contributed by atoms with E-state index in [1.165, 1.54) is 0 Å². The van der Waals surface area contributed by atoms with Crippen LogP contribution in [0.2, 0.25) is 5.02 Å². The molecule has 2 aromatic rings. The summed E-state index contributed by atoms with van der Waals surface area (Å²) in [6.07, 6.45) is 0. The summed E-state index contributed by atoms with van der Waals surface area (Å²) in [5.41, 5.74) is 4.96. The molecule has 0 fully saturated rings. The zero-order valence-electron chi connectivity index (χ0n) is 9.88. The van der Waals surface area contributed by atoms with Gasteiger partial charge in [-0.2, -0.15) is 0 Å². The topological polar surface area (TPSA) is 55.1 Å². The first-order valence-corrected chi connectivity index (χ1v) is 5.77. The van der Waals surface area contributed by atoms with Crippen LogP contribution in [0.15, 0.2) is 30.3 Å². The van der Waals surface area contributed by atoms with Gasteiger partial charge in [0.25, 0.3) is 5.91 Å². The van der Waals surface area contributed by atoms with Crippen LogP contribution in [-0.2, 0) is 0 Å². The van der Waals surface area contributed by atoms with Gasteiger partial charge in [0.1, 0.15) is 11.6 Å². The Bertz CT molecular complexity index is 668. The number of carbonyl (C=O) groups is 1. The molecule has 0 aliphatic carbocycles. The summed E-state index contributed by atoms with van der Waals surface area (Å²) in [5.74, 6) is -3.28. The molecule has 0 bridgehead atoms. The van der Waals surface area contributed by atoms with Crippen molar-refractivity contribution in [3.05, 3.63) is 58.4 Å². The third kappa shape index (κ3) is 2.85. The highest BCUT2D eigenvalue weighted by Crippen LogP contribution is 2.27. The van der Waals surface area contributed by atoms with Crippen molar-refractivity contribution in [2.75, 3.05) is 11.1 Å². The second-order valence-electron chi connectivity index (χ2n) is 3.93. The van der Waals surface area contributed by atoms with Gasteiger partial charge in [0.05, 0.1) is 16.3 Å². The molecule has 104 valence electrons. The number of nitrogen functional groups attached to an aromatic ring is 1. The van der Waals surface area contributed by atoms with E-state index in [9.17, 15) is 18.0 Å². The van der Waals surface area contributed by atoms with Crippen LogP contribution in [0.25, 0.3) is 0 Å². The van der Waals surface area contributed by atoms with Crippen LogP contribution < -0.4 is 11.1 Å². The van der Waals surface area contributed by atoms with Crippen molar-refractivity contribution in [3.8, 4) is 0 Å². The van der Waals surface area contributed by atoms with Crippen LogP contribution in [0, 0.1) is 17.5 Å². The number of anilines is 2. The van der Waals surface area contributed by atoms with Crippen molar-refractivity contribution in [2.24, 2.45) is 0 Å². The number of carbonyl (C=O) groups excluding carboxylic acids is 1. The van der Waals surface area contributed by atoms with E-state index in [4.69, 9.17) is 17.3 Å².